The smallest absolute Gasteiger partial charge is 0.141 e. The lowest BCUT2D eigenvalue weighted by Crippen LogP contribution is -2.30. The zero-order valence-electron chi connectivity index (χ0n) is 10.9. The van der Waals surface area contributed by atoms with E-state index in [2.05, 4.69) is 29.0 Å². The van der Waals surface area contributed by atoms with Crippen LogP contribution < -0.4 is 5.32 Å². The van der Waals surface area contributed by atoms with Crippen molar-refractivity contribution in [1.29, 1.82) is 0 Å². The summed E-state index contributed by atoms with van der Waals surface area (Å²) in [5.74, 6) is 1.02. The van der Waals surface area contributed by atoms with Crippen LogP contribution in [0, 0.1) is 5.82 Å². The highest BCUT2D eigenvalue weighted by Gasteiger charge is 2.16. The summed E-state index contributed by atoms with van der Waals surface area (Å²) in [5, 5.41) is 4.30. The lowest BCUT2D eigenvalue weighted by atomic mass is 10.1. The van der Waals surface area contributed by atoms with Gasteiger partial charge in [-0.1, -0.05) is 13.3 Å². The van der Waals surface area contributed by atoms with Crippen molar-refractivity contribution in [2.24, 2.45) is 0 Å². The van der Waals surface area contributed by atoms with Gasteiger partial charge in [-0.05, 0) is 37.1 Å². The van der Waals surface area contributed by atoms with Gasteiger partial charge in [0.2, 0.25) is 0 Å². The molecule has 2 heterocycles. The van der Waals surface area contributed by atoms with Crippen molar-refractivity contribution >= 4 is 11.8 Å². The van der Waals surface area contributed by atoms with Crippen molar-refractivity contribution in [3.63, 3.8) is 0 Å². The third-order valence-electron chi connectivity index (χ3n) is 3.38. The molecule has 1 aromatic rings. The Hall–Kier alpha value is -0.610. The molecule has 0 aliphatic carbocycles. The molecule has 0 saturated carbocycles. The normalized spacial score (nSPS) is 21.8. The van der Waals surface area contributed by atoms with Crippen LogP contribution in [0.2, 0.25) is 0 Å². The third-order valence-corrected chi connectivity index (χ3v) is 4.78. The molecule has 18 heavy (non-hydrogen) atoms. The first-order valence-electron chi connectivity index (χ1n) is 6.76. The first kappa shape index (κ1) is 13.8. The van der Waals surface area contributed by atoms with Gasteiger partial charge in [-0.2, -0.15) is 11.8 Å². The molecule has 2 atom stereocenters. The summed E-state index contributed by atoms with van der Waals surface area (Å²) in [6.45, 7) is 3.17. The molecular formula is C14H21FN2S. The van der Waals surface area contributed by atoms with Crippen LogP contribution in [0.4, 0.5) is 4.39 Å². The lowest BCUT2D eigenvalue weighted by Gasteiger charge is -2.24. The molecule has 1 N–H and O–H groups in total. The largest absolute Gasteiger partial charge is 0.308 e. The van der Waals surface area contributed by atoms with Crippen LogP contribution in [0.5, 0.6) is 0 Å². The molecule has 0 amide bonds. The van der Waals surface area contributed by atoms with E-state index in [4.69, 9.17) is 0 Å². The Morgan fingerprint density at radius 2 is 2.39 bits per heavy atom. The maximum absolute atomic E-state index is 12.8. The van der Waals surface area contributed by atoms with E-state index in [0.29, 0.717) is 0 Å². The fourth-order valence-electron chi connectivity index (χ4n) is 2.29. The van der Waals surface area contributed by atoms with Gasteiger partial charge in [0, 0.05) is 17.8 Å². The first-order chi connectivity index (χ1) is 8.79. The molecule has 1 aliphatic rings. The average molecular weight is 268 g/mol. The van der Waals surface area contributed by atoms with E-state index in [0.717, 1.165) is 23.9 Å². The summed E-state index contributed by atoms with van der Waals surface area (Å²) in [6.07, 6.45) is 6.30. The second-order valence-electron chi connectivity index (χ2n) is 4.76. The highest BCUT2D eigenvalue weighted by molar-refractivity contribution is 7.99. The number of thioether (sulfide) groups is 1. The number of hydrogen-bond donors (Lipinski definition) is 1. The molecule has 1 aliphatic heterocycles. The van der Waals surface area contributed by atoms with Gasteiger partial charge in [0.1, 0.15) is 5.82 Å². The molecule has 100 valence electrons. The molecule has 0 radical (unpaired) electrons. The quantitative estimate of drug-likeness (QED) is 0.884. The molecule has 2 unspecified atom stereocenters. The SMILES string of the molecule is CCC(NCC1CCCCS1)c1ccc(F)cn1. The van der Waals surface area contributed by atoms with Crippen molar-refractivity contribution in [2.45, 2.75) is 43.9 Å². The maximum Gasteiger partial charge on any atom is 0.141 e. The van der Waals surface area contributed by atoms with Crippen LogP contribution in [0.15, 0.2) is 18.3 Å². The summed E-state index contributed by atoms with van der Waals surface area (Å²) < 4.78 is 12.8. The Morgan fingerprint density at radius 3 is 3.00 bits per heavy atom. The second kappa shape index (κ2) is 7.10. The molecule has 1 saturated heterocycles. The number of rotatable bonds is 5. The number of halogens is 1. The van der Waals surface area contributed by atoms with Crippen LogP contribution in [0.3, 0.4) is 0 Å². The Bertz CT molecular complexity index is 349. The van der Waals surface area contributed by atoms with Crippen LogP contribution >= 0.6 is 11.8 Å². The van der Waals surface area contributed by atoms with Crippen LogP contribution in [-0.2, 0) is 0 Å². The standard InChI is InChI=1S/C14H21FN2S/c1-2-13(14-7-6-11(15)9-16-14)17-10-12-5-3-4-8-18-12/h6-7,9,12-13,17H,2-5,8,10H2,1H3. The van der Waals surface area contributed by atoms with Crippen molar-refractivity contribution in [2.75, 3.05) is 12.3 Å². The van der Waals surface area contributed by atoms with Gasteiger partial charge >= 0.3 is 0 Å². The molecule has 0 aromatic carbocycles. The third kappa shape index (κ3) is 3.95. The Kier molecular flexibility index (Phi) is 5.45. The van der Waals surface area contributed by atoms with Crippen molar-refractivity contribution in [3.8, 4) is 0 Å². The van der Waals surface area contributed by atoms with Crippen LogP contribution in [0.1, 0.15) is 44.3 Å². The molecule has 1 aromatic heterocycles. The lowest BCUT2D eigenvalue weighted by molar-refractivity contribution is 0.488. The van der Waals surface area contributed by atoms with E-state index in [1.807, 2.05) is 0 Å². The summed E-state index contributed by atoms with van der Waals surface area (Å²) in [4.78, 5) is 4.17. The van der Waals surface area contributed by atoms with Gasteiger partial charge in [0.15, 0.2) is 0 Å². The number of pyridine rings is 1. The van der Waals surface area contributed by atoms with Gasteiger partial charge in [0.05, 0.1) is 11.9 Å². The Morgan fingerprint density at radius 1 is 1.50 bits per heavy atom. The second-order valence-corrected chi connectivity index (χ2v) is 6.17. The monoisotopic (exact) mass is 268 g/mol. The molecule has 0 bridgehead atoms. The number of hydrogen-bond acceptors (Lipinski definition) is 3. The minimum atomic E-state index is -0.267. The summed E-state index contributed by atoms with van der Waals surface area (Å²) >= 11 is 2.07. The van der Waals surface area contributed by atoms with Gasteiger partial charge < -0.3 is 5.32 Å². The van der Waals surface area contributed by atoms with Gasteiger partial charge in [-0.3, -0.25) is 4.98 Å². The van der Waals surface area contributed by atoms with Gasteiger partial charge in [0.25, 0.3) is 0 Å². The van der Waals surface area contributed by atoms with Gasteiger partial charge in [-0.15, -0.1) is 0 Å². The predicted octanol–water partition coefficient (Wildman–Crippen LogP) is 3.55. The molecule has 1 fully saturated rings. The number of aromatic nitrogens is 1. The fraction of sp³-hybridized carbons (Fsp3) is 0.643. The zero-order valence-corrected chi connectivity index (χ0v) is 11.7. The van der Waals surface area contributed by atoms with E-state index in [-0.39, 0.29) is 11.9 Å². The van der Waals surface area contributed by atoms with E-state index in [9.17, 15) is 4.39 Å². The van der Waals surface area contributed by atoms with Crippen molar-refractivity contribution in [1.82, 2.24) is 10.3 Å². The van der Waals surface area contributed by atoms with Gasteiger partial charge in [-0.25, -0.2) is 4.39 Å². The maximum atomic E-state index is 12.8. The van der Waals surface area contributed by atoms with Crippen LogP contribution in [-0.4, -0.2) is 22.5 Å². The van der Waals surface area contributed by atoms with E-state index < -0.39 is 0 Å². The van der Waals surface area contributed by atoms with Crippen molar-refractivity contribution < 1.29 is 4.39 Å². The minimum absolute atomic E-state index is 0.244. The summed E-state index contributed by atoms with van der Waals surface area (Å²) in [7, 11) is 0. The van der Waals surface area contributed by atoms with E-state index >= 15 is 0 Å². The highest BCUT2D eigenvalue weighted by Crippen LogP contribution is 2.25. The number of nitrogens with zero attached hydrogens (tertiary/aromatic N) is 1. The highest BCUT2D eigenvalue weighted by atomic mass is 32.2. The summed E-state index contributed by atoms with van der Waals surface area (Å²) in [5.41, 5.74) is 0.944. The first-order valence-corrected chi connectivity index (χ1v) is 7.81. The fourth-order valence-corrected chi connectivity index (χ4v) is 3.55. The predicted molar refractivity (Wildman–Crippen MR) is 75.3 cm³/mol. The number of nitrogens with one attached hydrogen (secondary N) is 1. The van der Waals surface area contributed by atoms with E-state index in [1.165, 1.54) is 37.3 Å². The molecule has 4 heteroatoms. The summed E-state index contributed by atoms with van der Waals surface area (Å²) in [6, 6.07) is 3.51. The van der Waals surface area contributed by atoms with Crippen LogP contribution in [0.25, 0.3) is 0 Å². The zero-order chi connectivity index (χ0) is 12.8. The van der Waals surface area contributed by atoms with Crippen molar-refractivity contribution in [3.05, 3.63) is 29.8 Å². The average Bonchev–Trinajstić information content (AvgIpc) is 2.42. The molecule has 2 rings (SSSR count). The molecular weight excluding hydrogens is 247 g/mol. The van der Waals surface area contributed by atoms with E-state index in [1.54, 1.807) is 6.07 Å². The molecule has 0 spiro atoms. The topological polar surface area (TPSA) is 24.9 Å². The molecule has 2 nitrogen and oxygen atoms in total. The minimum Gasteiger partial charge on any atom is -0.308 e. The Labute approximate surface area is 113 Å². The Balaban J connectivity index is 1.86.